The van der Waals surface area contributed by atoms with E-state index >= 15 is 0 Å². The second kappa shape index (κ2) is 6.79. The van der Waals surface area contributed by atoms with E-state index in [0.717, 1.165) is 12.0 Å². The van der Waals surface area contributed by atoms with E-state index in [1.165, 1.54) is 0 Å². The van der Waals surface area contributed by atoms with Crippen LogP contribution in [-0.4, -0.2) is 32.3 Å². The molecule has 1 aromatic carbocycles. The fourth-order valence-electron chi connectivity index (χ4n) is 1.49. The zero-order valence-electron chi connectivity index (χ0n) is 11.1. The number of amides is 1. The molecular weight excluding hydrogens is 228 g/mol. The fourth-order valence-corrected chi connectivity index (χ4v) is 1.49. The van der Waals surface area contributed by atoms with Gasteiger partial charge in [0.1, 0.15) is 6.29 Å². The number of carbonyl (C=O) groups excluding carboxylic acids is 2. The van der Waals surface area contributed by atoms with E-state index in [1.807, 2.05) is 24.1 Å². The average Bonchev–Trinajstić information content (AvgIpc) is 2.36. The van der Waals surface area contributed by atoms with Crippen molar-refractivity contribution in [2.45, 2.75) is 13.8 Å². The van der Waals surface area contributed by atoms with Crippen LogP contribution in [0.3, 0.4) is 0 Å². The number of anilines is 1. The smallest absolute Gasteiger partial charge is 0.239 e. The highest BCUT2D eigenvalue weighted by Gasteiger charge is 2.07. The second-order valence-electron chi connectivity index (χ2n) is 4.76. The Kier molecular flexibility index (Phi) is 5.36. The maximum atomic E-state index is 11.6. The first kappa shape index (κ1) is 14.2. The summed E-state index contributed by atoms with van der Waals surface area (Å²) in [7, 11) is 1.85. The van der Waals surface area contributed by atoms with Gasteiger partial charge in [0.05, 0.1) is 6.54 Å². The minimum absolute atomic E-state index is 0.00524. The molecule has 0 saturated carbocycles. The molecule has 98 valence electrons. The van der Waals surface area contributed by atoms with Gasteiger partial charge in [0.2, 0.25) is 5.91 Å². The van der Waals surface area contributed by atoms with Gasteiger partial charge in [-0.05, 0) is 30.2 Å². The summed E-state index contributed by atoms with van der Waals surface area (Å²) in [5, 5.41) is 2.87. The van der Waals surface area contributed by atoms with Crippen LogP contribution in [0, 0.1) is 5.92 Å². The highest BCUT2D eigenvalue weighted by atomic mass is 16.2. The van der Waals surface area contributed by atoms with Crippen molar-refractivity contribution in [3.63, 3.8) is 0 Å². The Hall–Kier alpha value is -1.84. The monoisotopic (exact) mass is 248 g/mol. The molecule has 0 aliphatic rings. The van der Waals surface area contributed by atoms with Crippen molar-refractivity contribution in [1.82, 2.24) is 5.32 Å². The molecule has 0 atom stereocenters. The Morgan fingerprint density at radius 2 is 1.94 bits per heavy atom. The van der Waals surface area contributed by atoms with Gasteiger partial charge in [-0.1, -0.05) is 13.8 Å². The van der Waals surface area contributed by atoms with Gasteiger partial charge in [-0.25, -0.2) is 0 Å². The molecular formula is C14H20N2O2. The molecule has 0 bridgehead atoms. The van der Waals surface area contributed by atoms with E-state index in [0.29, 0.717) is 24.6 Å². The summed E-state index contributed by atoms with van der Waals surface area (Å²) in [6.45, 7) is 5.12. The molecule has 4 nitrogen and oxygen atoms in total. The lowest BCUT2D eigenvalue weighted by atomic mass is 10.2. The summed E-state index contributed by atoms with van der Waals surface area (Å²) in [4.78, 5) is 24.0. The van der Waals surface area contributed by atoms with Crippen LogP contribution < -0.4 is 10.2 Å². The van der Waals surface area contributed by atoms with Gasteiger partial charge in [0.15, 0.2) is 0 Å². The molecule has 1 aromatic rings. The van der Waals surface area contributed by atoms with Gasteiger partial charge in [0.25, 0.3) is 0 Å². The van der Waals surface area contributed by atoms with Gasteiger partial charge < -0.3 is 10.2 Å². The quantitative estimate of drug-likeness (QED) is 0.780. The number of nitrogens with zero attached hydrogens (tertiary/aromatic N) is 1. The van der Waals surface area contributed by atoms with E-state index in [9.17, 15) is 9.59 Å². The third kappa shape index (κ3) is 4.57. The van der Waals surface area contributed by atoms with Gasteiger partial charge in [0, 0.05) is 24.8 Å². The minimum Gasteiger partial charge on any atom is -0.365 e. The van der Waals surface area contributed by atoms with Gasteiger partial charge in [-0.3, -0.25) is 9.59 Å². The Bertz CT molecular complexity index is 399. The van der Waals surface area contributed by atoms with E-state index in [1.54, 1.807) is 12.1 Å². The van der Waals surface area contributed by atoms with Crippen molar-refractivity contribution in [2.75, 3.05) is 25.0 Å². The predicted octanol–water partition coefficient (Wildman–Crippen LogP) is 1.71. The normalized spacial score (nSPS) is 10.2. The van der Waals surface area contributed by atoms with E-state index in [2.05, 4.69) is 19.2 Å². The molecule has 4 heteroatoms. The Balaban J connectivity index is 2.50. The third-order valence-corrected chi connectivity index (χ3v) is 2.56. The van der Waals surface area contributed by atoms with Crippen LogP contribution in [0.25, 0.3) is 0 Å². The SMILES string of the molecule is CC(C)CNC(=O)CN(C)c1ccc(C=O)cc1. The highest BCUT2D eigenvalue weighted by Crippen LogP contribution is 2.12. The molecule has 1 amide bonds. The van der Waals surface area contributed by atoms with E-state index < -0.39 is 0 Å². The molecule has 0 spiro atoms. The first-order chi connectivity index (χ1) is 8.52. The summed E-state index contributed by atoms with van der Waals surface area (Å²) in [5.41, 5.74) is 1.55. The molecule has 0 aromatic heterocycles. The maximum absolute atomic E-state index is 11.6. The number of benzene rings is 1. The highest BCUT2D eigenvalue weighted by molar-refractivity contribution is 5.81. The van der Waals surface area contributed by atoms with E-state index in [-0.39, 0.29) is 5.91 Å². The molecule has 0 fully saturated rings. The molecule has 0 radical (unpaired) electrons. The Morgan fingerprint density at radius 3 is 2.44 bits per heavy atom. The predicted molar refractivity (Wildman–Crippen MR) is 72.9 cm³/mol. The number of nitrogens with one attached hydrogen (secondary N) is 1. The van der Waals surface area contributed by atoms with Crippen molar-refractivity contribution in [3.8, 4) is 0 Å². The number of rotatable bonds is 6. The van der Waals surface area contributed by atoms with Crippen LogP contribution in [0.5, 0.6) is 0 Å². The van der Waals surface area contributed by atoms with Crippen molar-refractivity contribution >= 4 is 17.9 Å². The summed E-state index contributed by atoms with van der Waals surface area (Å²) >= 11 is 0. The van der Waals surface area contributed by atoms with Gasteiger partial charge in [-0.15, -0.1) is 0 Å². The lowest BCUT2D eigenvalue weighted by molar-refractivity contribution is -0.119. The topological polar surface area (TPSA) is 49.4 Å². The van der Waals surface area contributed by atoms with Crippen molar-refractivity contribution in [2.24, 2.45) is 5.92 Å². The number of hydrogen-bond acceptors (Lipinski definition) is 3. The van der Waals surface area contributed by atoms with Crippen LogP contribution in [0.2, 0.25) is 0 Å². The molecule has 18 heavy (non-hydrogen) atoms. The van der Waals surface area contributed by atoms with Crippen LogP contribution in [0.4, 0.5) is 5.69 Å². The molecule has 0 aliphatic heterocycles. The molecule has 1 rings (SSSR count). The van der Waals surface area contributed by atoms with Crippen molar-refractivity contribution in [1.29, 1.82) is 0 Å². The van der Waals surface area contributed by atoms with E-state index in [4.69, 9.17) is 0 Å². The minimum atomic E-state index is 0.00524. The fraction of sp³-hybridized carbons (Fsp3) is 0.429. The Morgan fingerprint density at radius 1 is 1.33 bits per heavy atom. The maximum Gasteiger partial charge on any atom is 0.239 e. The largest absolute Gasteiger partial charge is 0.365 e. The number of likely N-dealkylation sites (N-methyl/N-ethyl adjacent to an activating group) is 1. The first-order valence-electron chi connectivity index (χ1n) is 6.06. The molecule has 0 saturated heterocycles. The van der Waals surface area contributed by atoms with Crippen LogP contribution in [0.15, 0.2) is 24.3 Å². The molecule has 0 unspecified atom stereocenters. The van der Waals surface area contributed by atoms with Crippen LogP contribution in [0.1, 0.15) is 24.2 Å². The van der Waals surface area contributed by atoms with Crippen LogP contribution >= 0.6 is 0 Å². The standard InChI is InChI=1S/C14H20N2O2/c1-11(2)8-15-14(18)9-16(3)13-6-4-12(10-17)5-7-13/h4-7,10-11H,8-9H2,1-3H3,(H,15,18). The molecule has 1 N–H and O–H groups in total. The average molecular weight is 248 g/mol. The zero-order chi connectivity index (χ0) is 13.5. The summed E-state index contributed by atoms with van der Waals surface area (Å²) in [5.74, 6) is 0.455. The molecule has 0 heterocycles. The van der Waals surface area contributed by atoms with Crippen molar-refractivity contribution < 1.29 is 9.59 Å². The summed E-state index contributed by atoms with van der Waals surface area (Å²) in [6, 6.07) is 7.15. The summed E-state index contributed by atoms with van der Waals surface area (Å²) < 4.78 is 0. The third-order valence-electron chi connectivity index (χ3n) is 2.56. The van der Waals surface area contributed by atoms with Crippen LogP contribution in [-0.2, 0) is 4.79 Å². The number of hydrogen-bond donors (Lipinski definition) is 1. The lowest BCUT2D eigenvalue weighted by Crippen LogP contribution is -2.36. The number of carbonyl (C=O) groups is 2. The molecule has 0 aliphatic carbocycles. The van der Waals surface area contributed by atoms with Gasteiger partial charge >= 0.3 is 0 Å². The first-order valence-corrected chi connectivity index (χ1v) is 6.06. The second-order valence-corrected chi connectivity index (χ2v) is 4.76. The Labute approximate surface area is 108 Å². The number of aldehydes is 1. The summed E-state index contributed by atoms with van der Waals surface area (Å²) in [6.07, 6.45) is 0.805. The zero-order valence-corrected chi connectivity index (χ0v) is 11.1. The van der Waals surface area contributed by atoms with Crippen molar-refractivity contribution in [3.05, 3.63) is 29.8 Å². The lowest BCUT2D eigenvalue weighted by Gasteiger charge is -2.19. The van der Waals surface area contributed by atoms with Gasteiger partial charge in [-0.2, -0.15) is 0 Å².